The topological polar surface area (TPSA) is 52.7 Å². The minimum absolute atomic E-state index is 0.190. The van der Waals surface area contributed by atoms with Gasteiger partial charge in [-0.25, -0.2) is 0 Å². The summed E-state index contributed by atoms with van der Waals surface area (Å²) in [6, 6.07) is 0.400. The molecule has 0 radical (unpaired) electrons. The molecule has 0 spiro atoms. The van der Waals surface area contributed by atoms with Crippen molar-refractivity contribution in [2.24, 2.45) is 0 Å². The third-order valence-electron chi connectivity index (χ3n) is 4.43. The highest BCUT2D eigenvalue weighted by Crippen LogP contribution is 2.17. The van der Waals surface area contributed by atoms with E-state index in [4.69, 9.17) is 0 Å². The van der Waals surface area contributed by atoms with Crippen LogP contribution in [0.25, 0.3) is 0 Å². The van der Waals surface area contributed by atoms with E-state index in [0.29, 0.717) is 12.5 Å². The van der Waals surface area contributed by atoms with Gasteiger partial charge < -0.3 is 10.2 Å². The van der Waals surface area contributed by atoms with Gasteiger partial charge in [-0.15, -0.1) is 0 Å². The summed E-state index contributed by atoms with van der Waals surface area (Å²) in [6.07, 6.45) is 8.90. The Morgan fingerprint density at radius 1 is 1.05 bits per heavy atom. The zero-order valence-corrected chi connectivity index (χ0v) is 12.4. The Morgan fingerprint density at radius 3 is 2.30 bits per heavy atom. The lowest BCUT2D eigenvalue weighted by Gasteiger charge is -2.32. The fourth-order valence-corrected chi connectivity index (χ4v) is 3.08. The molecule has 1 N–H and O–H groups in total. The van der Waals surface area contributed by atoms with Crippen LogP contribution < -0.4 is 5.32 Å². The fourth-order valence-electron chi connectivity index (χ4n) is 3.08. The molecule has 5 heteroatoms. The molecule has 1 heterocycles. The Morgan fingerprint density at radius 2 is 1.70 bits per heavy atom. The Labute approximate surface area is 121 Å². The lowest BCUT2D eigenvalue weighted by Crippen LogP contribution is -2.46. The van der Waals surface area contributed by atoms with Gasteiger partial charge in [-0.2, -0.15) is 0 Å². The van der Waals surface area contributed by atoms with E-state index in [1.54, 1.807) is 4.90 Å². The summed E-state index contributed by atoms with van der Waals surface area (Å²) in [6.45, 7) is 4.15. The van der Waals surface area contributed by atoms with Crippen LogP contribution in [0, 0.1) is 0 Å². The van der Waals surface area contributed by atoms with Crippen LogP contribution in [0.1, 0.15) is 44.9 Å². The summed E-state index contributed by atoms with van der Waals surface area (Å²) >= 11 is 0. The van der Waals surface area contributed by atoms with Gasteiger partial charge in [0.05, 0.1) is 0 Å². The first-order valence-electron chi connectivity index (χ1n) is 7.99. The molecule has 0 aromatic heterocycles. The second kappa shape index (κ2) is 8.25. The molecule has 2 aliphatic rings. The summed E-state index contributed by atoms with van der Waals surface area (Å²) in [5.74, 6) is 0.190. The van der Waals surface area contributed by atoms with E-state index in [-0.39, 0.29) is 5.91 Å². The number of carbonyl (C=O) groups is 2. The summed E-state index contributed by atoms with van der Waals surface area (Å²) in [5, 5.41) is 3.19. The van der Waals surface area contributed by atoms with Crippen molar-refractivity contribution in [2.75, 3.05) is 32.7 Å². The third kappa shape index (κ3) is 5.12. The van der Waals surface area contributed by atoms with E-state index in [1.165, 1.54) is 25.7 Å². The van der Waals surface area contributed by atoms with Crippen LogP contribution in [0.2, 0.25) is 0 Å². The van der Waals surface area contributed by atoms with E-state index in [1.807, 2.05) is 0 Å². The molecular formula is C15H27N3O2. The van der Waals surface area contributed by atoms with Gasteiger partial charge in [-0.1, -0.05) is 25.7 Å². The maximum atomic E-state index is 12.0. The number of amides is 2. The van der Waals surface area contributed by atoms with Crippen molar-refractivity contribution in [1.29, 1.82) is 0 Å². The predicted octanol–water partition coefficient (Wildman–Crippen LogP) is 0.989. The Kier molecular flexibility index (Phi) is 6.30. The second-order valence-corrected chi connectivity index (χ2v) is 5.99. The van der Waals surface area contributed by atoms with Crippen LogP contribution >= 0.6 is 0 Å². The number of nitrogens with one attached hydrogen (secondary N) is 1. The van der Waals surface area contributed by atoms with E-state index >= 15 is 0 Å². The number of nitrogens with zero attached hydrogens (tertiary/aromatic N) is 2. The molecule has 2 fully saturated rings. The monoisotopic (exact) mass is 281 g/mol. The summed E-state index contributed by atoms with van der Waals surface area (Å²) in [5.41, 5.74) is 0. The highest BCUT2D eigenvalue weighted by atomic mass is 16.1. The first-order valence-corrected chi connectivity index (χ1v) is 7.99. The number of carbonyl (C=O) groups excluding carboxylic acids is 2. The van der Waals surface area contributed by atoms with Crippen molar-refractivity contribution < 1.29 is 9.59 Å². The molecule has 0 aromatic carbocycles. The summed E-state index contributed by atoms with van der Waals surface area (Å²) in [7, 11) is 0. The standard InChI is InChI=1S/C15H27N3O2/c19-13-18-11-9-17(10-12-18)8-7-15(20)16-14-5-3-1-2-4-6-14/h13-14H,1-12H2,(H,16,20). The van der Waals surface area contributed by atoms with Crippen molar-refractivity contribution in [3.8, 4) is 0 Å². The van der Waals surface area contributed by atoms with E-state index < -0.39 is 0 Å². The average molecular weight is 281 g/mol. The number of rotatable bonds is 5. The number of hydrogen-bond donors (Lipinski definition) is 1. The number of hydrogen-bond acceptors (Lipinski definition) is 3. The van der Waals surface area contributed by atoms with E-state index in [0.717, 1.165) is 52.0 Å². The minimum atomic E-state index is 0.190. The van der Waals surface area contributed by atoms with Crippen molar-refractivity contribution in [3.05, 3.63) is 0 Å². The summed E-state index contributed by atoms with van der Waals surface area (Å²) in [4.78, 5) is 26.7. The molecule has 2 amide bonds. The lowest BCUT2D eigenvalue weighted by molar-refractivity contribution is -0.123. The van der Waals surface area contributed by atoms with Gasteiger partial charge in [-0.05, 0) is 12.8 Å². The molecular weight excluding hydrogens is 254 g/mol. The van der Waals surface area contributed by atoms with Gasteiger partial charge in [-0.3, -0.25) is 14.5 Å². The smallest absolute Gasteiger partial charge is 0.221 e. The van der Waals surface area contributed by atoms with Crippen molar-refractivity contribution >= 4 is 12.3 Å². The molecule has 0 atom stereocenters. The predicted molar refractivity (Wildman–Crippen MR) is 78.3 cm³/mol. The van der Waals surface area contributed by atoms with Gasteiger partial charge in [0, 0.05) is 45.2 Å². The van der Waals surface area contributed by atoms with Crippen LogP contribution in [0.15, 0.2) is 0 Å². The van der Waals surface area contributed by atoms with Crippen LogP contribution in [0.5, 0.6) is 0 Å². The molecule has 1 aliphatic heterocycles. The Bertz CT molecular complexity index is 306. The van der Waals surface area contributed by atoms with Crippen LogP contribution in [-0.4, -0.2) is 60.9 Å². The zero-order valence-electron chi connectivity index (χ0n) is 12.4. The Hall–Kier alpha value is -1.10. The minimum Gasteiger partial charge on any atom is -0.353 e. The molecule has 20 heavy (non-hydrogen) atoms. The summed E-state index contributed by atoms with van der Waals surface area (Å²) < 4.78 is 0. The maximum absolute atomic E-state index is 12.0. The van der Waals surface area contributed by atoms with Crippen molar-refractivity contribution in [1.82, 2.24) is 15.1 Å². The Balaban J connectivity index is 1.61. The first kappa shape index (κ1) is 15.3. The van der Waals surface area contributed by atoms with Gasteiger partial charge >= 0.3 is 0 Å². The molecule has 5 nitrogen and oxygen atoms in total. The molecule has 0 aromatic rings. The highest BCUT2D eigenvalue weighted by molar-refractivity contribution is 5.76. The van der Waals surface area contributed by atoms with Crippen LogP contribution in [0.4, 0.5) is 0 Å². The molecule has 0 unspecified atom stereocenters. The lowest BCUT2D eigenvalue weighted by atomic mass is 10.1. The van der Waals surface area contributed by atoms with Gasteiger partial charge in [0.1, 0.15) is 0 Å². The molecule has 2 rings (SSSR count). The normalized spacial score (nSPS) is 22.3. The van der Waals surface area contributed by atoms with Gasteiger partial charge in [0.25, 0.3) is 0 Å². The van der Waals surface area contributed by atoms with Gasteiger partial charge in [0.2, 0.25) is 12.3 Å². The van der Waals surface area contributed by atoms with Crippen molar-refractivity contribution in [2.45, 2.75) is 51.0 Å². The molecule has 0 bridgehead atoms. The largest absolute Gasteiger partial charge is 0.353 e. The quantitative estimate of drug-likeness (QED) is 0.604. The number of piperazine rings is 1. The fraction of sp³-hybridized carbons (Fsp3) is 0.867. The van der Waals surface area contributed by atoms with E-state index in [9.17, 15) is 9.59 Å². The zero-order chi connectivity index (χ0) is 14.2. The van der Waals surface area contributed by atoms with Gasteiger partial charge in [0.15, 0.2) is 0 Å². The van der Waals surface area contributed by atoms with Crippen LogP contribution in [0.3, 0.4) is 0 Å². The maximum Gasteiger partial charge on any atom is 0.221 e. The van der Waals surface area contributed by atoms with Crippen LogP contribution in [-0.2, 0) is 9.59 Å². The molecule has 1 saturated heterocycles. The molecule has 1 aliphatic carbocycles. The third-order valence-corrected chi connectivity index (χ3v) is 4.43. The van der Waals surface area contributed by atoms with E-state index in [2.05, 4.69) is 10.2 Å². The van der Waals surface area contributed by atoms with Crippen molar-refractivity contribution in [3.63, 3.8) is 0 Å². The first-order chi connectivity index (χ1) is 9.78. The molecule has 114 valence electrons. The average Bonchev–Trinajstić information content (AvgIpc) is 2.74. The second-order valence-electron chi connectivity index (χ2n) is 5.99. The highest BCUT2D eigenvalue weighted by Gasteiger charge is 2.18. The SMILES string of the molecule is O=CN1CCN(CCC(=O)NC2CCCCCC2)CC1. The molecule has 1 saturated carbocycles.